The van der Waals surface area contributed by atoms with Crippen molar-refractivity contribution in [3.05, 3.63) is 0 Å². The van der Waals surface area contributed by atoms with E-state index in [1.165, 1.54) is 31.1 Å². The Kier molecular flexibility index (Phi) is 9.78. The van der Waals surface area contributed by atoms with Crippen LogP contribution in [-0.2, 0) is 0 Å². The predicted molar refractivity (Wildman–Crippen MR) is 142 cm³/mol. The molecule has 3 aliphatic carbocycles. The van der Waals surface area contributed by atoms with Gasteiger partial charge in [-0.05, 0) is 0 Å². The van der Waals surface area contributed by atoms with Gasteiger partial charge in [0.05, 0.1) is 0 Å². The van der Waals surface area contributed by atoms with Crippen molar-refractivity contribution in [2.75, 3.05) is 0 Å². The van der Waals surface area contributed by atoms with E-state index in [0.717, 1.165) is 53.3 Å². The third-order valence-corrected chi connectivity index (χ3v) is 25.7. The van der Waals surface area contributed by atoms with Crippen LogP contribution in [0.25, 0.3) is 0 Å². The third kappa shape index (κ3) is 6.28. The summed E-state index contributed by atoms with van der Waals surface area (Å²) in [6.07, 6.45) is 14.1. The van der Waals surface area contributed by atoms with E-state index in [0.29, 0.717) is 0 Å². The summed E-state index contributed by atoms with van der Waals surface area (Å²) in [4.78, 5) is 0. The Hall–Kier alpha value is 0.799. The standard InChI is InChI=1S/3C10H19.Sn.H/c3*1-8(2)10-6-4-9(3)5-7-10;;/h3*6,8-10H,4-5,7H2,1-3H3;;/t3*9-,10?;;/m000../s1. The van der Waals surface area contributed by atoms with Crippen molar-refractivity contribution in [1.29, 1.82) is 0 Å². The summed E-state index contributed by atoms with van der Waals surface area (Å²) in [6, 6.07) is 0. The van der Waals surface area contributed by atoms with Crippen molar-refractivity contribution in [2.24, 2.45) is 53.3 Å². The summed E-state index contributed by atoms with van der Waals surface area (Å²) in [7, 11) is 0. The fourth-order valence-electron chi connectivity index (χ4n) is 9.11. The van der Waals surface area contributed by atoms with Gasteiger partial charge in [0.2, 0.25) is 0 Å². The fourth-order valence-corrected chi connectivity index (χ4v) is 31.6. The molecule has 0 N–H and O–H groups in total. The molecule has 0 aromatic carbocycles. The van der Waals surface area contributed by atoms with Crippen molar-refractivity contribution in [3.63, 3.8) is 0 Å². The zero-order valence-electron chi connectivity index (χ0n) is 22.9. The van der Waals surface area contributed by atoms with Crippen LogP contribution in [0.4, 0.5) is 0 Å². The Labute approximate surface area is 204 Å². The molecule has 0 bridgehead atoms. The number of rotatable bonds is 6. The normalized spacial score (nSPS) is 43.5. The topological polar surface area (TPSA) is 0 Å². The molecule has 6 unspecified atom stereocenters. The summed E-state index contributed by atoms with van der Waals surface area (Å²) in [5.74, 6) is 8.91. The molecular formula is C30H58Sn. The van der Waals surface area contributed by atoms with Crippen LogP contribution in [0.5, 0.6) is 0 Å². The van der Waals surface area contributed by atoms with Gasteiger partial charge in [-0.3, -0.25) is 0 Å². The molecule has 0 amide bonds. The van der Waals surface area contributed by atoms with E-state index in [-0.39, 0.29) is 0 Å². The first-order chi connectivity index (χ1) is 14.6. The van der Waals surface area contributed by atoms with Crippen molar-refractivity contribution in [1.82, 2.24) is 0 Å². The minimum atomic E-state index is -1.92. The zero-order valence-corrected chi connectivity index (χ0v) is 26.2. The number of hydrogen-bond donors (Lipinski definition) is 0. The molecule has 1 heteroatoms. The van der Waals surface area contributed by atoms with Crippen molar-refractivity contribution in [3.8, 4) is 0 Å². The summed E-state index contributed by atoms with van der Waals surface area (Å²) in [5.41, 5.74) is 0. The predicted octanol–water partition coefficient (Wildman–Crippen LogP) is 9.60. The van der Waals surface area contributed by atoms with E-state index in [1.807, 2.05) is 0 Å². The molecule has 182 valence electrons. The molecule has 9 atom stereocenters. The molecule has 0 aliphatic heterocycles. The van der Waals surface area contributed by atoms with Crippen LogP contribution in [0, 0.1) is 53.3 Å². The van der Waals surface area contributed by atoms with E-state index < -0.39 is 19.8 Å². The van der Waals surface area contributed by atoms with Crippen LogP contribution in [-0.4, -0.2) is 19.8 Å². The summed E-state index contributed by atoms with van der Waals surface area (Å²) >= 11 is -1.92. The van der Waals surface area contributed by atoms with Crippen LogP contribution in [0.15, 0.2) is 0 Å². The second-order valence-electron chi connectivity index (χ2n) is 14.0. The first kappa shape index (κ1) is 26.4. The molecule has 0 radical (unpaired) electrons. The molecule has 0 heterocycles. The van der Waals surface area contributed by atoms with Gasteiger partial charge < -0.3 is 0 Å². The van der Waals surface area contributed by atoms with Gasteiger partial charge in [-0.25, -0.2) is 0 Å². The molecule has 3 aliphatic rings. The molecule has 3 fully saturated rings. The van der Waals surface area contributed by atoms with Gasteiger partial charge in [-0.15, -0.1) is 0 Å². The van der Waals surface area contributed by atoms with Crippen molar-refractivity contribution >= 4 is 19.8 Å². The van der Waals surface area contributed by atoms with E-state index in [9.17, 15) is 0 Å². The maximum absolute atomic E-state index is 2.61. The molecule has 0 nitrogen and oxygen atoms in total. The zero-order chi connectivity index (χ0) is 22.9. The van der Waals surface area contributed by atoms with Crippen molar-refractivity contribution < 1.29 is 0 Å². The second-order valence-corrected chi connectivity index (χ2v) is 24.7. The van der Waals surface area contributed by atoms with Gasteiger partial charge in [-0.2, -0.15) is 0 Å². The van der Waals surface area contributed by atoms with Gasteiger partial charge in [-0.1, -0.05) is 0 Å². The minimum absolute atomic E-state index is 0.911. The Bertz CT molecular complexity index is 460. The van der Waals surface area contributed by atoms with Crippen LogP contribution < -0.4 is 0 Å². The van der Waals surface area contributed by atoms with Crippen LogP contribution >= 0.6 is 0 Å². The van der Waals surface area contributed by atoms with E-state index in [1.54, 1.807) is 38.5 Å². The van der Waals surface area contributed by atoms with Gasteiger partial charge >= 0.3 is 205 Å². The molecular weight excluding hydrogens is 479 g/mol. The van der Waals surface area contributed by atoms with Crippen LogP contribution in [0.3, 0.4) is 0 Å². The van der Waals surface area contributed by atoms with Crippen LogP contribution in [0.1, 0.15) is 120 Å². The maximum atomic E-state index is 2.61. The molecule has 0 aromatic heterocycles. The summed E-state index contributed by atoms with van der Waals surface area (Å²) in [5, 5.41) is 0. The Morgan fingerprint density at radius 2 is 0.710 bits per heavy atom. The first-order valence-corrected chi connectivity index (χ1v) is 20.3. The fraction of sp³-hybridized carbons (Fsp3) is 1.00. The van der Waals surface area contributed by atoms with Gasteiger partial charge in [0.1, 0.15) is 0 Å². The average Bonchev–Trinajstić information content (AvgIpc) is 2.67. The average molecular weight is 538 g/mol. The van der Waals surface area contributed by atoms with E-state index in [2.05, 4.69) is 62.3 Å². The Morgan fingerprint density at radius 3 is 0.935 bits per heavy atom. The van der Waals surface area contributed by atoms with Gasteiger partial charge in [0.25, 0.3) is 0 Å². The first-order valence-electron chi connectivity index (χ1n) is 14.6. The van der Waals surface area contributed by atoms with Crippen molar-refractivity contribution in [2.45, 2.75) is 132 Å². The second kappa shape index (κ2) is 11.5. The van der Waals surface area contributed by atoms with E-state index >= 15 is 0 Å². The SMILES string of the molecule is CC(C)C1CC[C@@H](C)C[CH]1[SnH]([CH]1C[C@H](C)CCC1C(C)C)[CH]1C[C@H](C)CCC1C(C)C. The third-order valence-electron chi connectivity index (χ3n) is 10.7. The molecule has 0 spiro atoms. The molecule has 3 rings (SSSR count). The van der Waals surface area contributed by atoms with Crippen LogP contribution in [0.2, 0.25) is 11.8 Å². The number of hydrogen-bond acceptors (Lipinski definition) is 0. The quantitative estimate of drug-likeness (QED) is 0.296. The van der Waals surface area contributed by atoms with Gasteiger partial charge in [0, 0.05) is 0 Å². The molecule has 0 saturated heterocycles. The van der Waals surface area contributed by atoms with Gasteiger partial charge in [0.15, 0.2) is 0 Å². The Balaban J connectivity index is 2.05. The summed E-state index contributed by atoms with van der Waals surface area (Å²) in [6.45, 7) is 23.4. The summed E-state index contributed by atoms with van der Waals surface area (Å²) < 4.78 is 3.58. The molecule has 3 saturated carbocycles. The Morgan fingerprint density at radius 1 is 0.452 bits per heavy atom. The molecule has 0 aromatic rings. The monoisotopic (exact) mass is 538 g/mol. The molecule has 31 heavy (non-hydrogen) atoms. The van der Waals surface area contributed by atoms with E-state index in [4.69, 9.17) is 0 Å².